The van der Waals surface area contributed by atoms with Gasteiger partial charge in [0.15, 0.2) is 0 Å². The number of rotatable bonds is 4. The van der Waals surface area contributed by atoms with E-state index in [0.717, 1.165) is 5.56 Å². The molecule has 0 unspecified atom stereocenters. The fraction of sp³-hybridized carbons (Fsp3) is 0.222. The van der Waals surface area contributed by atoms with Crippen LogP contribution in [0.1, 0.15) is 5.56 Å². The highest BCUT2D eigenvalue weighted by Crippen LogP contribution is 2.15. The quantitative estimate of drug-likeness (QED) is 0.398. The molecule has 0 aliphatic rings. The van der Waals surface area contributed by atoms with Crippen molar-refractivity contribution < 1.29 is 14.8 Å². The Kier molecular flexibility index (Phi) is 4.01. The Morgan fingerprint density at radius 1 is 1.47 bits per heavy atom. The van der Waals surface area contributed by atoms with Crippen LogP contribution in [0, 0.1) is 10.1 Å². The van der Waals surface area contributed by atoms with Gasteiger partial charge in [-0.2, -0.15) is 0 Å². The molecule has 0 spiro atoms. The van der Waals surface area contributed by atoms with Gasteiger partial charge in [-0.1, -0.05) is 34.7 Å². The maximum Gasteiger partial charge on any atom is 0.316 e. The van der Waals surface area contributed by atoms with Crippen molar-refractivity contribution >= 4 is 34.2 Å². The zero-order chi connectivity index (χ0) is 11.4. The summed E-state index contributed by atoms with van der Waals surface area (Å²) >= 11 is 1.82. The fourth-order valence-electron chi connectivity index (χ4n) is 1.05. The number of halogens is 1. The van der Waals surface area contributed by atoms with Crippen molar-refractivity contribution in [1.29, 1.82) is 0 Å². The molecule has 0 amide bonds. The number of hydrogen-bond donors (Lipinski definition) is 1. The molecule has 15 heavy (non-hydrogen) atoms. The molecule has 0 aliphatic heterocycles. The van der Waals surface area contributed by atoms with Crippen LogP contribution in [0.15, 0.2) is 24.3 Å². The van der Waals surface area contributed by atoms with Gasteiger partial charge in [-0.3, -0.25) is 14.9 Å². The molecule has 1 aromatic rings. The van der Waals surface area contributed by atoms with Gasteiger partial charge in [0.2, 0.25) is 0 Å². The van der Waals surface area contributed by atoms with Crippen LogP contribution in [-0.4, -0.2) is 19.9 Å². The largest absolute Gasteiger partial charge is 0.480 e. The summed E-state index contributed by atoms with van der Waals surface area (Å²) in [5.74, 6) is -0.881. The normalized spacial score (nSPS) is 12.1. The van der Waals surface area contributed by atoms with E-state index in [1.54, 1.807) is 12.1 Å². The number of non-ortho nitro benzene ring substituents is 1. The summed E-state index contributed by atoms with van der Waals surface area (Å²) in [5.41, 5.74) is 0.793. The Hall–Kier alpha value is -1.18. The molecule has 0 heterocycles. The molecular weight excluding hydrogens is 313 g/mol. The summed E-state index contributed by atoms with van der Waals surface area (Å²) in [5, 5.41) is 19.0. The molecule has 1 rings (SSSR count). The third-order valence-corrected chi connectivity index (χ3v) is 2.80. The molecule has 0 bridgehead atoms. The number of alkyl halides is 1. The lowest BCUT2D eigenvalue weighted by molar-refractivity contribution is -0.384. The van der Waals surface area contributed by atoms with E-state index in [1.807, 2.05) is 22.6 Å². The molecule has 0 aromatic heterocycles. The summed E-state index contributed by atoms with van der Waals surface area (Å²) in [6.07, 6.45) is 0.369. The SMILES string of the molecule is O=C(O)[C@@H](I)Cc1ccc([N+](=O)[O-])cc1. The number of aliphatic carboxylic acids is 1. The highest BCUT2D eigenvalue weighted by molar-refractivity contribution is 14.1. The van der Waals surface area contributed by atoms with E-state index in [1.165, 1.54) is 12.1 Å². The highest BCUT2D eigenvalue weighted by atomic mass is 127. The first-order valence-corrected chi connectivity index (χ1v) is 5.35. The molecule has 0 fully saturated rings. The molecule has 0 radical (unpaired) electrons. The third-order valence-electron chi connectivity index (χ3n) is 1.83. The number of hydrogen-bond acceptors (Lipinski definition) is 3. The Balaban J connectivity index is 2.72. The van der Waals surface area contributed by atoms with Gasteiger partial charge in [0.25, 0.3) is 5.69 Å². The van der Waals surface area contributed by atoms with Crippen molar-refractivity contribution in [3.05, 3.63) is 39.9 Å². The van der Waals surface area contributed by atoms with E-state index >= 15 is 0 Å². The summed E-state index contributed by atoms with van der Waals surface area (Å²) < 4.78 is -0.510. The topological polar surface area (TPSA) is 80.4 Å². The minimum atomic E-state index is -0.881. The third kappa shape index (κ3) is 3.46. The predicted octanol–water partition coefficient (Wildman–Crippen LogP) is 2.03. The molecule has 0 saturated heterocycles. The van der Waals surface area contributed by atoms with Gasteiger partial charge in [0.05, 0.1) is 4.92 Å². The first kappa shape index (κ1) is 11.9. The van der Waals surface area contributed by atoms with E-state index in [4.69, 9.17) is 5.11 Å². The van der Waals surface area contributed by atoms with Crippen LogP contribution >= 0.6 is 22.6 Å². The maximum atomic E-state index is 10.6. The molecule has 1 atom stereocenters. The Morgan fingerprint density at radius 2 is 2.00 bits per heavy atom. The standard InChI is InChI=1S/C9H8INO4/c10-8(9(12)13)5-6-1-3-7(4-2-6)11(14)15/h1-4,8H,5H2,(H,12,13)/t8-/m0/s1. The fourth-order valence-corrected chi connectivity index (χ4v) is 1.56. The van der Waals surface area contributed by atoms with E-state index in [9.17, 15) is 14.9 Å². The number of carbonyl (C=O) groups is 1. The van der Waals surface area contributed by atoms with Gasteiger partial charge in [-0.15, -0.1) is 0 Å². The second-order valence-electron chi connectivity index (χ2n) is 2.93. The number of benzene rings is 1. The van der Waals surface area contributed by atoms with E-state index < -0.39 is 14.8 Å². The van der Waals surface area contributed by atoms with Crippen molar-refractivity contribution in [2.24, 2.45) is 0 Å². The zero-order valence-electron chi connectivity index (χ0n) is 7.59. The minimum absolute atomic E-state index is 0.0130. The van der Waals surface area contributed by atoms with Crippen molar-refractivity contribution in [3.63, 3.8) is 0 Å². The lowest BCUT2D eigenvalue weighted by atomic mass is 10.1. The zero-order valence-corrected chi connectivity index (χ0v) is 9.75. The summed E-state index contributed by atoms with van der Waals surface area (Å²) in [7, 11) is 0. The van der Waals surface area contributed by atoms with Gasteiger partial charge in [-0.05, 0) is 12.0 Å². The summed E-state index contributed by atoms with van der Waals surface area (Å²) in [6, 6.07) is 5.90. The molecule has 0 saturated carbocycles. The number of nitro groups is 1. The van der Waals surface area contributed by atoms with Crippen LogP contribution in [-0.2, 0) is 11.2 Å². The average molecular weight is 321 g/mol. The second-order valence-corrected chi connectivity index (χ2v) is 4.44. The molecule has 1 aromatic carbocycles. The number of nitrogens with zero attached hydrogens (tertiary/aromatic N) is 1. The lowest BCUT2D eigenvalue weighted by Crippen LogP contribution is -2.15. The van der Waals surface area contributed by atoms with Crippen LogP contribution < -0.4 is 0 Å². The van der Waals surface area contributed by atoms with Gasteiger partial charge >= 0.3 is 5.97 Å². The Labute approximate surface area is 99.4 Å². The smallest absolute Gasteiger partial charge is 0.316 e. The van der Waals surface area contributed by atoms with Crippen LogP contribution in [0.3, 0.4) is 0 Å². The van der Waals surface area contributed by atoms with Crippen molar-refractivity contribution in [3.8, 4) is 0 Å². The van der Waals surface area contributed by atoms with E-state index in [0.29, 0.717) is 6.42 Å². The molecule has 0 aliphatic carbocycles. The Bertz CT molecular complexity index is 376. The average Bonchev–Trinajstić information content (AvgIpc) is 2.18. The lowest BCUT2D eigenvalue weighted by Gasteiger charge is -2.03. The van der Waals surface area contributed by atoms with Crippen LogP contribution in [0.4, 0.5) is 5.69 Å². The van der Waals surface area contributed by atoms with Crippen LogP contribution in [0.5, 0.6) is 0 Å². The van der Waals surface area contributed by atoms with Gasteiger partial charge in [0, 0.05) is 12.1 Å². The van der Waals surface area contributed by atoms with Crippen LogP contribution in [0.2, 0.25) is 0 Å². The Morgan fingerprint density at radius 3 is 2.40 bits per heavy atom. The van der Waals surface area contributed by atoms with Gasteiger partial charge in [-0.25, -0.2) is 0 Å². The van der Waals surface area contributed by atoms with E-state index in [-0.39, 0.29) is 5.69 Å². The maximum absolute atomic E-state index is 10.6. The molecule has 6 heteroatoms. The van der Waals surface area contributed by atoms with Crippen LogP contribution in [0.25, 0.3) is 0 Å². The monoisotopic (exact) mass is 321 g/mol. The molecular formula is C9H8INO4. The predicted molar refractivity (Wildman–Crippen MR) is 62.2 cm³/mol. The summed E-state index contributed by atoms with van der Waals surface area (Å²) in [6.45, 7) is 0. The first-order chi connectivity index (χ1) is 7.00. The van der Waals surface area contributed by atoms with Gasteiger partial charge in [0.1, 0.15) is 3.92 Å². The molecule has 5 nitrogen and oxygen atoms in total. The number of nitro benzene ring substituents is 1. The first-order valence-electron chi connectivity index (χ1n) is 4.11. The van der Waals surface area contributed by atoms with E-state index in [2.05, 4.69) is 0 Å². The molecule has 80 valence electrons. The van der Waals surface area contributed by atoms with Crippen molar-refractivity contribution in [2.75, 3.05) is 0 Å². The number of carboxylic acid groups (broad SMARTS) is 1. The minimum Gasteiger partial charge on any atom is -0.480 e. The van der Waals surface area contributed by atoms with Crippen molar-refractivity contribution in [1.82, 2.24) is 0 Å². The highest BCUT2D eigenvalue weighted by Gasteiger charge is 2.14. The molecule has 1 N–H and O–H groups in total. The van der Waals surface area contributed by atoms with Gasteiger partial charge < -0.3 is 5.11 Å². The van der Waals surface area contributed by atoms with Crippen molar-refractivity contribution in [2.45, 2.75) is 10.3 Å². The second kappa shape index (κ2) is 5.06. The summed E-state index contributed by atoms with van der Waals surface area (Å²) in [4.78, 5) is 20.4. The number of carboxylic acids is 1.